The lowest BCUT2D eigenvalue weighted by Crippen LogP contribution is -2.09. The van der Waals surface area contributed by atoms with Crippen LogP contribution in [0.5, 0.6) is 0 Å². The van der Waals surface area contributed by atoms with E-state index < -0.39 is 0 Å². The Kier molecular flexibility index (Phi) is 1.81. The second-order valence-corrected chi connectivity index (χ2v) is 3.25. The van der Waals surface area contributed by atoms with Crippen LogP contribution in [0.4, 0.5) is 0 Å². The second kappa shape index (κ2) is 2.85. The largest absolute Gasteiger partial charge is 0.304 e. The maximum absolute atomic E-state index is 11.0. The highest BCUT2D eigenvalue weighted by Gasteiger charge is 1.98. The first-order valence-corrected chi connectivity index (χ1v) is 4.20. The molecule has 2 heterocycles. The first-order chi connectivity index (χ1) is 6.16. The molecule has 0 unspecified atom stereocenters. The summed E-state index contributed by atoms with van der Waals surface area (Å²) < 4.78 is 1.78. The minimum atomic E-state index is -0.222. The Labute approximate surface area is 79.6 Å². The molecule has 0 aliphatic heterocycles. The lowest BCUT2D eigenvalue weighted by molar-refractivity contribution is 1.01. The van der Waals surface area contributed by atoms with E-state index in [1.807, 2.05) is 6.92 Å². The van der Waals surface area contributed by atoms with Crippen LogP contribution in [-0.4, -0.2) is 9.38 Å². The van der Waals surface area contributed by atoms with Gasteiger partial charge in [-0.05, 0) is 19.1 Å². The van der Waals surface area contributed by atoms with Gasteiger partial charge in [0.05, 0.1) is 5.02 Å². The molecule has 13 heavy (non-hydrogen) atoms. The van der Waals surface area contributed by atoms with Gasteiger partial charge in [-0.1, -0.05) is 11.6 Å². The topological polar surface area (TPSA) is 34.4 Å². The van der Waals surface area contributed by atoms with Crippen molar-refractivity contribution in [1.82, 2.24) is 9.38 Å². The molecule has 0 spiro atoms. The number of pyridine rings is 1. The van der Waals surface area contributed by atoms with Crippen molar-refractivity contribution in [3.05, 3.63) is 45.5 Å². The normalized spacial score (nSPS) is 10.6. The summed E-state index contributed by atoms with van der Waals surface area (Å²) in [4.78, 5) is 14.9. The van der Waals surface area contributed by atoms with Crippen LogP contribution in [0.15, 0.2) is 29.2 Å². The Balaban J connectivity index is 2.95. The molecule has 2 rings (SSSR count). The van der Waals surface area contributed by atoms with Crippen LogP contribution in [0.3, 0.4) is 0 Å². The molecule has 4 heteroatoms. The first kappa shape index (κ1) is 8.26. The summed E-state index contributed by atoms with van der Waals surface area (Å²) in [6.45, 7) is 1.84. The molecular weight excluding hydrogens is 188 g/mol. The molecule has 2 aromatic rings. The Bertz CT molecular complexity index is 518. The van der Waals surface area contributed by atoms with Gasteiger partial charge in [-0.15, -0.1) is 0 Å². The van der Waals surface area contributed by atoms with Crippen LogP contribution in [-0.2, 0) is 0 Å². The molecule has 0 aliphatic rings. The number of aromatic nitrogens is 2. The maximum atomic E-state index is 11.0. The lowest BCUT2D eigenvalue weighted by Gasteiger charge is -2.03. The van der Waals surface area contributed by atoms with Gasteiger partial charge in [0.1, 0.15) is 5.65 Å². The van der Waals surface area contributed by atoms with Crippen LogP contribution >= 0.6 is 11.6 Å². The molecule has 0 aliphatic carbocycles. The van der Waals surface area contributed by atoms with Gasteiger partial charge < -0.3 is 4.40 Å². The van der Waals surface area contributed by atoms with Crippen LogP contribution in [0, 0.1) is 6.92 Å². The number of rotatable bonds is 0. The van der Waals surface area contributed by atoms with E-state index in [1.165, 1.54) is 6.07 Å². The van der Waals surface area contributed by atoms with Crippen molar-refractivity contribution < 1.29 is 0 Å². The van der Waals surface area contributed by atoms with E-state index in [2.05, 4.69) is 4.98 Å². The highest BCUT2D eigenvalue weighted by Crippen LogP contribution is 2.09. The van der Waals surface area contributed by atoms with Crippen molar-refractivity contribution in [2.45, 2.75) is 6.92 Å². The van der Waals surface area contributed by atoms with Crippen LogP contribution < -0.4 is 5.56 Å². The number of hydrogen-bond acceptors (Lipinski definition) is 2. The predicted octanol–water partition coefficient (Wildman–Crippen LogP) is 1.66. The molecular formula is C9H7ClN2O. The van der Waals surface area contributed by atoms with E-state index in [-0.39, 0.29) is 5.56 Å². The summed E-state index contributed by atoms with van der Waals surface area (Å²) in [5, 5.41) is 0.626. The standard InChI is InChI=1S/C9H7ClN2O/c1-6-4-9(13)11-8-3-2-7(10)5-12(6)8/h2-5H,1H3. The van der Waals surface area contributed by atoms with Crippen molar-refractivity contribution in [3.63, 3.8) is 0 Å². The average Bonchev–Trinajstić information content (AvgIpc) is 2.06. The van der Waals surface area contributed by atoms with Crippen molar-refractivity contribution >= 4 is 17.2 Å². The molecule has 0 fully saturated rings. The molecule has 2 aromatic heterocycles. The summed E-state index contributed by atoms with van der Waals surface area (Å²) >= 11 is 5.80. The van der Waals surface area contributed by atoms with Gasteiger partial charge in [-0.2, -0.15) is 4.98 Å². The van der Waals surface area contributed by atoms with Crippen molar-refractivity contribution in [3.8, 4) is 0 Å². The highest BCUT2D eigenvalue weighted by molar-refractivity contribution is 6.30. The highest BCUT2D eigenvalue weighted by atomic mass is 35.5. The Morgan fingerprint density at radius 1 is 1.46 bits per heavy atom. The van der Waals surface area contributed by atoms with E-state index >= 15 is 0 Å². The van der Waals surface area contributed by atoms with E-state index in [0.29, 0.717) is 10.7 Å². The second-order valence-electron chi connectivity index (χ2n) is 2.81. The van der Waals surface area contributed by atoms with Gasteiger partial charge in [-0.25, -0.2) is 0 Å². The molecule has 66 valence electrons. The zero-order chi connectivity index (χ0) is 9.42. The number of hydrogen-bond donors (Lipinski definition) is 0. The molecule has 0 aromatic carbocycles. The van der Waals surface area contributed by atoms with Crippen molar-refractivity contribution in [1.29, 1.82) is 0 Å². The third-order valence-electron chi connectivity index (χ3n) is 1.83. The Morgan fingerprint density at radius 3 is 3.00 bits per heavy atom. The lowest BCUT2D eigenvalue weighted by atomic mass is 10.4. The van der Waals surface area contributed by atoms with Gasteiger partial charge in [-0.3, -0.25) is 4.79 Å². The van der Waals surface area contributed by atoms with Crippen LogP contribution in [0.2, 0.25) is 5.02 Å². The van der Waals surface area contributed by atoms with Crippen molar-refractivity contribution in [2.24, 2.45) is 0 Å². The van der Waals surface area contributed by atoms with Crippen LogP contribution in [0.25, 0.3) is 5.65 Å². The van der Waals surface area contributed by atoms with Gasteiger partial charge in [0.25, 0.3) is 5.56 Å². The SMILES string of the molecule is Cc1cc(=O)nc2ccc(Cl)cn12. The molecule has 0 atom stereocenters. The number of fused-ring (bicyclic) bond motifs is 1. The number of nitrogens with zero attached hydrogens (tertiary/aromatic N) is 2. The zero-order valence-corrected chi connectivity index (χ0v) is 7.75. The summed E-state index contributed by atoms with van der Waals surface area (Å²) in [5.74, 6) is 0. The Morgan fingerprint density at radius 2 is 2.23 bits per heavy atom. The first-order valence-electron chi connectivity index (χ1n) is 3.82. The predicted molar refractivity (Wildman–Crippen MR) is 51.2 cm³/mol. The average molecular weight is 195 g/mol. The van der Waals surface area contributed by atoms with Crippen molar-refractivity contribution in [2.75, 3.05) is 0 Å². The fourth-order valence-electron chi connectivity index (χ4n) is 1.23. The zero-order valence-electron chi connectivity index (χ0n) is 6.99. The molecule has 3 nitrogen and oxygen atoms in total. The van der Waals surface area contributed by atoms with Gasteiger partial charge in [0, 0.05) is 18.0 Å². The molecule has 0 radical (unpaired) electrons. The van der Waals surface area contributed by atoms with Gasteiger partial charge in [0.2, 0.25) is 0 Å². The third kappa shape index (κ3) is 1.42. The van der Waals surface area contributed by atoms with E-state index in [0.717, 1.165) is 5.69 Å². The molecule has 0 bridgehead atoms. The van der Waals surface area contributed by atoms with Gasteiger partial charge >= 0.3 is 0 Å². The smallest absolute Gasteiger partial charge is 0.273 e. The maximum Gasteiger partial charge on any atom is 0.273 e. The summed E-state index contributed by atoms with van der Waals surface area (Å²) in [5.41, 5.74) is 1.23. The monoisotopic (exact) mass is 194 g/mol. The quantitative estimate of drug-likeness (QED) is 0.639. The summed E-state index contributed by atoms with van der Waals surface area (Å²) in [7, 11) is 0. The van der Waals surface area contributed by atoms with E-state index in [4.69, 9.17) is 11.6 Å². The molecule has 0 saturated heterocycles. The summed E-state index contributed by atoms with van der Waals surface area (Å²) in [6, 6.07) is 4.91. The van der Waals surface area contributed by atoms with Gasteiger partial charge in [0.15, 0.2) is 0 Å². The molecule has 0 saturated carbocycles. The number of halogens is 1. The molecule has 0 N–H and O–H groups in total. The minimum absolute atomic E-state index is 0.222. The summed E-state index contributed by atoms with van der Waals surface area (Å²) in [6.07, 6.45) is 1.73. The fraction of sp³-hybridized carbons (Fsp3) is 0.111. The fourth-order valence-corrected chi connectivity index (χ4v) is 1.39. The van der Waals surface area contributed by atoms with E-state index in [9.17, 15) is 4.79 Å². The third-order valence-corrected chi connectivity index (χ3v) is 2.05. The molecule has 0 amide bonds. The van der Waals surface area contributed by atoms with Crippen LogP contribution in [0.1, 0.15) is 5.69 Å². The van der Waals surface area contributed by atoms with E-state index in [1.54, 1.807) is 22.7 Å². The minimum Gasteiger partial charge on any atom is -0.304 e. The Hall–Kier alpha value is -1.35. The number of aryl methyl sites for hydroxylation is 1.